The van der Waals surface area contributed by atoms with Crippen LogP contribution in [-0.2, 0) is 6.54 Å². The number of anilines is 2. The van der Waals surface area contributed by atoms with E-state index in [2.05, 4.69) is 32.7 Å². The quantitative estimate of drug-likeness (QED) is 0.284. The summed E-state index contributed by atoms with van der Waals surface area (Å²) >= 11 is 6.69. The Morgan fingerprint density at radius 3 is 2.63 bits per heavy atom. The second kappa shape index (κ2) is 10.4. The van der Waals surface area contributed by atoms with Crippen LogP contribution >= 0.6 is 11.6 Å². The maximum atomic E-state index is 13.6. The summed E-state index contributed by atoms with van der Waals surface area (Å²) in [7, 11) is 0. The molecule has 0 radical (unpaired) electrons. The molecule has 0 bridgehead atoms. The van der Waals surface area contributed by atoms with Crippen molar-refractivity contribution in [3.63, 3.8) is 0 Å². The monoisotopic (exact) mass is 522 g/mol. The lowest BCUT2D eigenvalue weighted by Gasteiger charge is -2.14. The van der Waals surface area contributed by atoms with Crippen LogP contribution in [0.5, 0.6) is 0 Å². The molecular formula is C30H27ClN6O. The maximum Gasteiger partial charge on any atom is 0.260 e. The minimum absolute atomic E-state index is 0.143. The highest BCUT2D eigenvalue weighted by Gasteiger charge is 2.17. The summed E-state index contributed by atoms with van der Waals surface area (Å²) in [6, 6.07) is 19.8. The van der Waals surface area contributed by atoms with Gasteiger partial charge in [-0.2, -0.15) is 4.98 Å². The van der Waals surface area contributed by atoms with Gasteiger partial charge >= 0.3 is 0 Å². The van der Waals surface area contributed by atoms with Gasteiger partial charge in [0.05, 0.1) is 0 Å². The lowest BCUT2D eigenvalue weighted by atomic mass is 9.98. The van der Waals surface area contributed by atoms with Crippen molar-refractivity contribution in [2.75, 3.05) is 18.4 Å². The van der Waals surface area contributed by atoms with E-state index >= 15 is 0 Å². The van der Waals surface area contributed by atoms with E-state index in [9.17, 15) is 4.79 Å². The van der Waals surface area contributed by atoms with Crippen molar-refractivity contribution in [1.82, 2.24) is 24.8 Å². The number of halogens is 1. The number of fused-ring (bicyclic) bond motifs is 1. The van der Waals surface area contributed by atoms with Gasteiger partial charge in [-0.25, -0.2) is 4.98 Å². The Hall–Kier alpha value is -4.07. The van der Waals surface area contributed by atoms with Gasteiger partial charge in [-0.3, -0.25) is 14.3 Å². The number of aryl methyl sites for hydroxylation is 1. The molecule has 2 aromatic carbocycles. The molecule has 190 valence electrons. The van der Waals surface area contributed by atoms with Crippen LogP contribution in [0.2, 0.25) is 5.02 Å². The number of hydrogen-bond donors (Lipinski definition) is 2. The predicted molar refractivity (Wildman–Crippen MR) is 153 cm³/mol. The fourth-order valence-corrected chi connectivity index (χ4v) is 5.34. The average Bonchev–Trinajstić information content (AvgIpc) is 3.49. The summed E-state index contributed by atoms with van der Waals surface area (Å²) in [5, 5.41) is 7.96. The first-order chi connectivity index (χ1) is 18.6. The van der Waals surface area contributed by atoms with Gasteiger partial charge in [-0.15, -0.1) is 0 Å². The minimum Gasteiger partial charge on any atom is -0.324 e. The van der Waals surface area contributed by atoms with Crippen molar-refractivity contribution in [2.24, 2.45) is 0 Å². The Labute approximate surface area is 225 Å². The largest absolute Gasteiger partial charge is 0.324 e. The van der Waals surface area contributed by atoms with Gasteiger partial charge in [0.15, 0.2) is 0 Å². The third-order valence-electron chi connectivity index (χ3n) is 7.10. The van der Waals surface area contributed by atoms with Crippen molar-refractivity contribution in [3.8, 4) is 22.3 Å². The number of aromatic nitrogens is 4. The number of hydrogen-bond acceptors (Lipinski definition) is 6. The van der Waals surface area contributed by atoms with E-state index in [1.807, 2.05) is 55.5 Å². The molecule has 1 fully saturated rings. The molecule has 7 nitrogen and oxygen atoms in total. The van der Waals surface area contributed by atoms with Crippen LogP contribution < -0.4 is 16.2 Å². The summed E-state index contributed by atoms with van der Waals surface area (Å²) in [6.07, 6.45) is 6.43. The molecule has 2 N–H and O–H groups in total. The highest BCUT2D eigenvalue weighted by Crippen LogP contribution is 2.32. The van der Waals surface area contributed by atoms with Gasteiger partial charge in [0.2, 0.25) is 5.95 Å². The van der Waals surface area contributed by atoms with Gasteiger partial charge in [0, 0.05) is 64.5 Å². The van der Waals surface area contributed by atoms with Gasteiger partial charge in [0.1, 0.15) is 5.65 Å². The zero-order chi connectivity index (χ0) is 26.1. The van der Waals surface area contributed by atoms with Gasteiger partial charge in [0.25, 0.3) is 5.56 Å². The molecule has 38 heavy (non-hydrogen) atoms. The SMILES string of the molecule is CCn1c(=O)c(-c2ccc(-c3cccnc3)cc2Cl)cc2cnc(Nc3ccc(C4CCNC4)cc3)nc21. The van der Waals surface area contributed by atoms with Gasteiger partial charge in [-0.05, 0) is 67.3 Å². The first-order valence-electron chi connectivity index (χ1n) is 12.8. The first-order valence-corrected chi connectivity index (χ1v) is 13.2. The van der Waals surface area contributed by atoms with E-state index in [4.69, 9.17) is 16.6 Å². The molecule has 0 aliphatic carbocycles. The van der Waals surface area contributed by atoms with Crippen LogP contribution in [0.25, 0.3) is 33.3 Å². The molecule has 1 atom stereocenters. The minimum atomic E-state index is -0.143. The highest BCUT2D eigenvalue weighted by molar-refractivity contribution is 6.33. The van der Waals surface area contributed by atoms with E-state index in [1.54, 1.807) is 23.2 Å². The van der Waals surface area contributed by atoms with Gasteiger partial charge in [-0.1, -0.05) is 41.9 Å². The fraction of sp³-hybridized carbons (Fsp3) is 0.200. The lowest BCUT2D eigenvalue weighted by molar-refractivity contribution is 0.751. The van der Waals surface area contributed by atoms with Crippen LogP contribution in [0.15, 0.2) is 84.0 Å². The highest BCUT2D eigenvalue weighted by atomic mass is 35.5. The lowest BCUT2D eigenvalue weighted by Crippen LogP contribution is -2.22. The van der Waals surface area contributed by atoms with E-state index < -0.39 is 0 Å². The second-order valence-electron chi connectivity index (χ2n) is 9.45. The Bertz CT molecular complexity index is 1660. The molecule has 1 aliphatic heterocycles. The van der Waals surface area contributed by atoms with Crippen molar-refractivity contribution < 1.29 is 0 Å². The third-order valence-corrected chi connectivity index (χ3v) is 7.41. The molecule has 1 saturated heterocycles. The molecule has 5 aromatic rings. The number of benzene rings is 2. The zero-order valence-corrected chi connectivity index (χ0v) is 21.7. The van der Waals surface area contributed by atoms with Crippen LogP contribution in [0, 0.1) is 0 Å². The predicted octanol–water partition coefficient (Wildman–Crippen LogP) is 6.01. The van der Waals surface area contributed by atoms with Crippen LogP contribution in [-0.4, -0.2) is 32.6 Å². The van der Waals surface area contributed by atoms with E-state index in [0.717, 1.165) is 41.7 Å². The third kappa shape index (κ3) is 4.66. The molecule has 3 aromatic heterocycles. The Morgan fingerprint density at radius 2 is 1.92 bits per heavy atom. The Balaban J connectivity index is 1.32. The number of rotatable bonds is 6. The zero-order valence-electron chi connectivity index (χ0n) is 21.0. The molecular weight excluding hydrogens is 496 g/mol. The molecule has 1 aliphatic rings. The van der Waals surface area contributed by atoms with E-state index in [1.165, 1.54) is 5.56 Å². The Kier molecular flexibility index (Phi) is 6.62. The summed E-state index contributed by atoms with van der Waals surface area (Å²) in [6.45, 7) is 4.50. The van der Waals surface area contributed by atoms with E-state index in [0.29, 0.717) is 40.2 Å². The molecule has 0 saturated carbocycles. The summed E-state index contributed by atoms with van der Waals surface area (Å²) in [4.78, 5) is 27.0. The Morgan fingerprint density at radius 1 is 1.05 bits per heavy atom. The summed E-state index contributed by atoms with van der Waals surface area (Å²) in [5.41, 5.74) is 5.77. The molecule has 0 amide bonds. The molecule has 8 heteroatoms. The smallest absolute Gasteiger partial charge is 0.260 e. The molecule has 1 unspecified atom stereocenters. The van der Waals surface area contributed by atoms with Crippen LogP contribution in [0.1, 0.15) is 24.8 Å². The van der Waals surface area contributed by atoms with Crippen LogP contribution in [0.4, 0.5) is 11.6 Å². The summed E-state index contributed by atoms with van der Waals surface area (Å²) < 4.78 is 1.67. The topological polar surface area (TPSA) is 84.7 Å². The van der Waals surface area contributed by atoms with E-state index in [-0.39, 0.29) is 5.56 Å². The van der Waals surface area contributed by atoms with Gasteiger partial charge < -0.3 is 10.6 Å². The molecule has 0 spiro atoms. The standard InChI is InChI=1S/C30H27ClN6O/c1-2-37-28-23(18-34-30(36-28)35-24-8-5-19(6-9-24)22-11-13-33-17-22)14-26(29(37)38)25-10-7-20(15-27(25)31)21-4-3-12-32-16-21/h3-10,12,14-16,18,22,33H,2,11,13,17H2,1H3,(H,34,35,36). The van der Waals surface area contributed by atoms with Crippen molar-refractivity contribution in [3.05, 3.63) is 100 Å². The average molecular weight is 523 g/mol. The first kappa shape index (κ1) is 24.3. The summed E-state index contributed by atoms with van der Waals surface area (Å²) in [5.74, 6) is 1.01. The fourth-order valence-electron chi connectivity index (χ4n) is 5.06. The number of nitrogens with zero attached hydrogens (tertiary/aromatic N) is 4. The molecule has 4 heterocycles. The maximum absolute atomic E-state index is 13.6. The van der Waals surface area contributed by atoms with Crippen molar-refractivity contribution in [2.45, 2.75) is 25.8 Å². The second-order valence-corrected chi connectivity index (χ2v) is 9.86. The van der Waals surface area contributed by atoms with Crippen molar-refractivity contribution >= 4 is 34.3 Å². The van der Waals surface area contributed by atoms with Crippen molar-refractivity contribution in [1.29, 1.82) is 0 Å². The normalized spacial score (nSPS) is 15.2. The van der Waals surface area contributed by atoms with Crippen LogP contribution in [0.3, 0.4) is 0 Å². The number of nitrogens with one attached hydrogen (secondary N) is 2. The molecule has 6 rings (SSSR count). The number of pyridine rings is 2.